The highest BCUT2D eigenvalue weighted by molar-refractivity contribution is 8.00. The van der Waals surface area contributed by atoms with Gasteiger partial charge in [0.15, 0.2) is 6.10 Å². The van der Waals surface area contributed by atoms with E-state index in [-0.39, 0.29) is 36.1 Å². The molecule has 0 spiro atoms. The fourth-order valence-corrected chi connectivity index (χ4v) is 6.64. The number of carbonyl (C=O) groups excluding carboxylic acids is 3. The Bertz CT molecular complexity index is 1160. The lowest BCUT2D eigenvalue weighted by molar-refractivity contribution is -0.164. The van der Waals surface area contributed by atoms with Crippen LogP contribution in [0.15, 0.2) is 78.2 Å². The number of carbonyl (C=O) groups is 3. The predicted octanol–water partition coefficient (Wildman–Crippen LogP) is 4.03. The van der Waals surface area contributed by atoms with E-state index in [4.69, 9.17) is 4.74 Å². The van der Waals surface area contributed by atoms with E-state index < -0.39 is 17.6 Å². The highest BCUT2D eigenvalue weighted by Gasteiger charge is 2.56. The summed E-state index contributed by atoms with van der Waals surface area (Å²) in [7, 11) is 0. The van der Waals surface area contributed by atoms with Gasteiger partial charge in [0, 0.05) is 17.2 Å². The first-order chi connectivity index (χ1) is 16.9. The smallest absolute Gasteiger partial charge is 0.315 e. The maximum absolute atomic E-state index is 13.5. The van der Waals surface area contributed by atoms with Gasteiger partial charge in [-0.1, -0.05) is 66.7 Å². The van der Waals surface area contributed by atoms with Gasteiger partial charge in [-0.2, -0.15) is 0 Å². The van der Waals surface area contributed by atoms with E-state index >= 15 is 0 Å². The van der Waals surface area contributed by atoms with E-state index in [1.807, 2.05) is 85.1 Å². The van der Waals surface area contributed by atoms with E-state index in [2.05, 4.69) is 5.32 Å². The van der Waals surface area contributed by atoms with Crippen LogP contribution in [-0.4, -0.2) is 46.4 Å². The van der Waals surface area contributed by atoms with E-state index in [9.17, 15) is 14.4 Å². The third-order valence-corrected chi connectivity index (χ3v) is 8.94. The first-order valence-corrected chi connectivity index (χ1v) is 13.4. The third-order valence-electron chi connectivity index (χ3n) is 6.39. The lowest BCUT2D eigenvalue weighted by Gasteiger charge is -2.53. The number of amides is 2. The Morgan fingerprint density at radius 3 is 2.31 bits per heavy atom. The minimum absolute atomic E-state index is 0.150. The molecule has 3 aromatic rings. The molecule has 35 heavy (non-hydrogen) atoms. The molecule has 2 amide bonds. The van der Waals surface area contributed by atoms with Crippen molar-refractivity contribution in [2.24, 2.45) is 5.41 Å². The molecule has 0 bridgehead atoms. The van der Waals surface area contributed by atoms with Crippen molar-refractivity contribution >= 4 is 40.9 Å². The van der Waals surface area contributed by atoms with Gasteiger partial charge in [-0.05, 0) is 29.5 Å². The van der Waals surface area contributed by atoms with E-state index in [0.29, 0.717) is 5.75 Å². The Hall–Kier alpha value is -3.10. The summed E-state index contributed by atoms with van der Waals surface area (Å²) in [6.07, 6.45) is -0.260. The summed E-state index contributed by atoms with van der Waals surface area (Å²) < 4.78 is 6.10. The van der Waals surface area contributed by atoms with Crippen molar-refractivity contribution in [3.8, 4) is 0 Å². The monoisotopic (exact) mass is 506 g/mol. The molecule has 0 radical (unpaired) electrons. The summed E-state index contributed by atoms with van der Waals surface area (Å²) >= 11 is 3.04. The Balaban J connectivity index is 1.25. The van der Waals surface area contributed by atoms with Gasteiger partial charge in [-0.15, -0.1) is 23.1 Å². The van der Waals surface area contributed by atoms with Crippen LogP contribution < -0.4 is 5.32 Å². The number of esters is 1. The minimum Gasteiger partial charge on any atom is -0.452 e. The second-order valence-corrected chi connectivity index (χ2v) is 11.3. The van der Waals surface area contributed by atoms with Crippen molar-refractivity contribution in [3.63, 3.8) is 0 Å². The molecule has 180 valence electrons. The standard InChI is InChI=1S/C27H26N2O4S2/c1-27(26(32)33-23(18-9-4-2-5-10-18)19-11-6-3-7-12-19)16-29-24(31)22(25(29)35-17-27)28-21(30)15-20-13-8-14-34-20/h2-14,22-23,25H,15-17H2,1H3,(H,28,30)/t22?,25-,27?/m1/s1. The Kier molecular flexibility index (Phi) is 6.67. The molecule has 0 saturated carbocycles. The first kappa shape index (κ1) is 23.6. The zero-order chi connectivity index (χ0) is 24.4. The number of ether oxygens (including phenoxy) is 1. The second kappa shape index (κ2) is 9.87. The fourth-order valence-electron chi connectivity index (χ4n) is 4.45. The summed E-state index contributed by atoms with van der Waals surface area (Å²) in [6.45, 7) is 2.12. The summed E-state index contributed by atoms with van der Waals surface area (Å²) in [5.41, 5.74) is 0.945. The topological polar surface area (TPSA) is 75.7 Å². The molecule has 2 aliphatic rings. The molecule has 0 aliphatic carbocycles. The molecule has 2 aromatic carbocycles. The second-order valence-electron chi connectivity index (χ2n) is 9.14. The SMILES string of the molecule is CC1(C(=O)OC(c2ccccc2)c2ccccc2)CS[C@@H]2C(NC(=O)Cc3cccs3)C(=O)N2C1. The van der Waals surface area contributed by atoms with Crippen molar-refractivity contribution < 1.29 is 19.1 Å². The Morgan fingerprint density at radius 2 is 1.71 bits per heavy atom. The average molecular weight is 507 g/mol. The largest absolute Gasteiger partial charge is 0.452 e. The molecule has 2 saturated heterocycles. The van der Waals surface area contributed by atoms with Crippen molar-refractivity contribution in [2.75, 3.05) is 12.3 Å². The van der Waals surface area contributed by atoms with Gasteiger partial charge in [0.05, 0.1) is 11.8 Å². The zero-order valence-corrected chi connectivity index (χ0v) is 20.9. The number of benzene rings is 2. The third kappa shape index (κ3) is 4.86. The highest BCUT2D eigenvalue weighted by atomic mass is 32.2. The average Bonchev–Trinajstić information content (AvgIpc) is 3.39. The van der Waals surface area contributed by atoms with Crippen LogP contribution in [0.5, 0.6) is 0 Å². The van der Waals surface area contributed by atoms with E-state index in [1.54, 1.807) is 4.90 Å². The van der Waals surface area contributed by atoms with Gasteiger partial charge in [0.25, 0.3) is 0 Å². The summed E-state index contributed by atoms with van der Waals surface area (Å²) in [5.74, 6) is -0.136. The molecule has 5 rings (SSSR count). The molecule has 2 aliphatic heterocycles. The number of thioether (sulfide) groups is 1. The van der Waals surface area contributed by atoms with Crippen LogP contribution >= 0.6 is 23.1 Å². The quantitative estimate of drug-likeness (QED) is 0.387. The fraction of sp³-hybridized carbons (Fsp3) is 0.296. The van der Waals surface area contributed by atoms with Crippen LogP contribution in [-0.2, 0) is 25.5 Å². The molecule has 2 fully saturated rings. The van der Waals surface area contributed by atoms with Gasteiger partial charge < -0.3 is 15.0 Å². The van der Waals surface area contributed by atoms with Crippen LogP contribution in [0.4, 0.5) is 0 Å². The Labute approximate surface area is 212 Å². The van der Waals surface area contributed by atoms with Gasteiger partial charge in [0.2, 0.25) is 11.8 Å². The minimum atomic E-state index is -0.843. The molecule has 1 N–H and O–H groups in total. The molecule has 6 nitrogen and oxygen atoms in total. The number of hydrogen-bond donors (Lipinski definition) is 1. The van der Waals surface area contributed by atoms with Crippen LogP contribution in [0, 0.1) is 5.41 Å². The molecular formula is C27H26N2O4S2. The van der Waals surface area contributed by atoms with E-state index in [0.717, 1.165) is 16.0 Å². The van der Waals surface area contributed by atoms with Crippen LogP contribution in [0.25, 0.3) is 0 Å². The number of nitrogens with zero attached hydrogens (tertiary/aromatic N) is 1. The summed E-state index contributed by atoms with van der Waals surface area (Å²) in [6, 6.07) is 22.6. The first-order valence-electron chi connectivity index (χ1n) is 11.5. The Morgan fingerprint density at radius 1 is 1.06 bits per heavy atom. The molecule has 1 aromatic heterocycles. The molecule has 3 atom stereocenters. The summed E-state index contributed by atoms with van der Waals surface area (Å²) in [5, 5.41) is 4.64. The van der Waals surface area contributed by atoms with Crippen LogP contribution in [0.3, 0.4) is 0 Å². The number of hydrogen-bond acceptors (Lipinski definition) is 6. The molecule has 8 heteroatoms. The highest BCUT2D eigenvalue weighted by Crippen LogP contribution is 2.43. The van der Waals surface area contributed by atoms with Crippen molar-refractivity contribution in [2.45, 2.75) is 30.9 Å². The van der Waals surface area contributed by atoms with Crippen LogP contribution in [0.1, 0.15) is 29.0 Å². The molecular weight excluding hydrogens is 480 g/mol. The maximum Gasteiger partial charge on any atom is 0.315 e. The molecule has 3 heterocycles. The number of thiophene rings is 1. The summed E-state index contributed by atoms with van der Waals surface area (Å²) in [4.78, 5) is 41.4. The van der Waals surface area contributed by atoms with Gasteiger partial charge >= 0.3 is 5.97 Å². The normalized spacial score (nSPS) is 23.4. The van der Waals surface area contributed by atoms with Gasteiger partial charge in [-0.3, -0.25) is 14.4 Å². The van der Waals surface area contributed by atoms with Crippen LogP contribution in [0.2, 0.25) is 0 Å². The van der Waals surface area contributed by atoms with Crippen molar-refractivity contribution in [1.82, 2.24) is 10.2 Å². The zero-order valence-electron chi connectivity index (χ0n) is 19.3. The number of nitrogens with one attached hydrogen (secondary N) is 1. The molecule has 2 unspecified atom stereocenters. The number of rotatable bonds is 7. The lowest BCUT2D eigenvalue weighted by Crippen LogP contribution is -2.73. The maximum atomic E-state index is 13.5. The number of β-lactam (4-membered cyclic amide) rings is 1. The number of fused-ring (bicyclic) bond motifs is 1. The predicted molar refractivity (Wildman–Crippen MR) is 137 cm³/mol. The van der Waals surface area contributed by atoms with Gasteiger partial charge in [-0.25, -0.2) is 0 Å². The van der Waals surface area contributed by atoms with E-state index in [1.165, 1.54) is 23.1 Å². The van der Waals surface area contributed by atoms with Crippen molar-refractivity contribution in [1.29, 1.82) is 0 Å². The van der Waals surface area contributed by atoms with Gasteiger partial charge in [0.1, 0.15) is 11.4 Å². The lowest BCUT2D eigenvalue weighted by atomic mass is 9.89. The van der Waals surface area contributed by atoms with Crippen molar-refractivity contribution in [3.05, 3.63) is 94.2 Å².